The molecule has 1 heterocycles. The highest BCUT2D eigenvalue weighted by molar-refractivity contribution is 14.0. The summed E-state index contributed by atoms with van der Waals surface area (Å²) in [5.41, 5.74) is 1.15. The van der Waals surface area contributed by atoms with E-state index in [-0.39, 0.29) is 24.0 Å². The Morgan fingerprint density at radius 2 is 1.83 bits per heavy atom. The molecule has 0 saturated carbocycles. The zero-order chi connectivity index (χ0) is 12.7. The summed E-state index contributed by atoms with van der Waals surface area (Å²) in [4.78, 5) is 10.3. The molecule has 0 spiro atoms. The Kier molecular flexibility index (Phi) is 9.35. The van der Waals surface area contributed by atoms with Gasteiger partial charge in [-0.15, -0.1) is 35.3 Å². The normalized spacial score (nSPS) is 9.56. The standard InChI is InChI=1S/C12H22N4S.HI/c1-5-13-12(14-6-2)15-8-7-11-9(3)16-10(4)17-11;/h5-8H2,1-4H3,(H2,13,14,15);1H. The second kappa shape index (κ2) is 9.55. The molecule has 0 fully saturated rings. The van der Waals surface area contributed by atoms with Crippen LogP contribution in [0.3, 0.4) is 0 Å². The van der Waals surface area contributed by atoms with Gasteiger partial charge in [-0.25, -0.2) is 4.98 Å². The molecular weight excluding hydrogens is 359 g/mol. The van der Waals surface area contributed by atoms with Crippen molar-refractivity contribution < 1.29 is 0 Å². The summed E-state index contributed by atoms with van der Waals surface area (Å²) in [6.45, 7) is 10.9. The molecule has 0 radical (unpaired) electrons. The molecule has 0 bridgehead atoms. The van der Waals surface area contributed by atoms with Gasteiger partial charge in [0.05, 0.1) is 10.7 Å². The number of aliphatic imine (C=N–C) groups is 1. The van der Waals surface area contributed by atoms with Crippen LogP contribution in [-0.2, 0) is 6.42 Å². The molecule has 0 saturated heterocycles. The molecule has 0 aliphatic carbocycles. The molecule has 1 aromatic rings. The fraction of sp³-hybridized carbons (Fsp3) is 0.667. The minimum atomic E-state index is 0. The first-order valence-electron chi connectivity index (χ1n) is 6.12. The van der Waals surface area contributed by atoms with Crippen LogP contribution in [0.5, 0.6) is 0 Å². The van der Waals surface area contributed by atoms with Gasteiger partial charge < -0.3 is 10.6 Å². The molecule has 0 atom stereocenters. The lowest BCUT2D eigenvalue weighted by atomic mass is 10.3. The quantitative estimate of drug-likeness (QED) is 0.468. The largest absolute Gasteiger partial charge is 0.357 e. The summed E-state index contributed by atoms with van der Waals surface area (Å²) in [5.74, 6) is 0.897. The van der Waals surface area contributed by atoms with Crippen LogP contribution in [-0.4, -0.2) is 30.6 Å². The average Bonchev–Trinajstić information content (AvgIpc) is 2.58. The van der Waals surface area contributed by atoms with Crippen molar-refractivity contribution in [3.8, 4) is 0 Å². The molecule has 0 unspecified atom stereocenters. The molecule has 0 aliphatic heterocycles. The Bertz CT molecular complexity index is 368. The summed E-state index contributed by atoms with van der Waals surface area (Å²) >= 11 is 1.77. The number of rotatable bonds is 5. The monoisotopic (exact) mass is 382 g/mol. The maximum Gasteiger partial charge on any atom is 0.191 e. The second-order valence-electron chi connectivity index (χ2n) is 3.78. The number of thiazole rings is 1. The molecule has 6 heteroatoms. The van der Waals surface area contributed by atoms with Crippen LogP contribution < -0.4 is 10.6 Å². The Hall–Kier alpha value is -0.370. The summed E-state index contributed by atoms with van der Waals surface area (Å²) in [7, 11) is 0. The zero-order valence-corrected chi connectivity index (χ0v) is 14.7. The van der Waals surface area contributed by atoms with E-state index >= 15 is 0 Å². The van der Waals surface area contributed by atoms with Crippen LogP contribution in [0.15, 0.2) is 4.99 Å². The molecule has 104 valence electrons. The van der Waals surface area contributed by atoms with Crippen LogP contribution in [0, 0.1) is 13.8 Å². The van der Waals surface area contributed by atoms with E-state index in [2.05, 4.69) is 41.4 Å². The van der Waals surface area contributed by atoms with Crippen molar-refractivity contribution in [3.63, 3.8) is 0 Å². The van der Waals surface area contributed by atoms with Crippen molar-refractivity contribution in [2.45, 2.75) is 34.1 Å². The van der Waals surface area contributed by atoms with E-state index in [4.69, 9.17) is 0 Å². The molecule has 2 N–H and O–H groups in total. The van der Waals surface area contributed by atoms with E-state index < -0.39 is 0 Å². The number of guanidine groups is 1. The Morgan fingerprint density at radius 1 is 1.22 bits per heavy atom. The van der Waals surface area contributed by atoms with Crippen molar-refractivity contribution in [1.29, 1.82) is 0 Å². The fourth-order valence-corrected chi connectivity index (χ4v) is 2.51. The average molecular weight is 382 g/mol. The highest BCUT2D eigenvalue weighted by Crippen LogP contribution is 2.17. The van der Waals surface area contributed by atoms with Crippen LogP contribution in [0.4, 0.5) is 0 Å². The second-order valence-corrected chi connectivity index (χ2v) is 5.07. The summed E-state index contributed by atoms with van der Waals surface area (Å²) < 4.78 is 0. The first-order valence-corrected chi connectivity index (χ1v) is 6.94. The van der Waals surface area contributed by atoms with Crippen LogP contribution in [0.1, 0.15) is 29.4 Å². The molecular formula is C12H23IN4S. The van der Waals surface area contributed by atoms with Crippen molar-refractivity contribution in [1.82, 2.24) is 15.6 Å². The SMILES string of the molecule is CCNC(=NCCc1sc(C)nc1C)NCC.I. The van der Waals surface area contributed by atoms with Gasteiger partial charge >= 0.3 is 0 Å². The lowest BCUT2D eigenvalue weighted by molar-refractivity contribution is 0.834. The molecule has 1 rings (SSSR count). The minimum Gasteiger partial charge on any atom is -0.357 e. The van der Waals surface area contributed by atoms with E-state index in [1.807, 2.05) is 6.92 Å². The van der Waals surface area contributed by atoms with Gasteiger partial charge in [-0.3, -0.25) is 4.99 Å². The van der Waals surface area contributed by atoms with Crippen molar-refractivity contribution in [2.24, 2.45) is 4.99 Å². The maximum absolute atomic E-state index is 4.52. The maximum atomic E-state index is 4.52. The Morgan fingerprint density at radius 3 is 2.28 bits per heavy atom. The first-order chi connectivity index (χ1) is 8.17. The summed E-state index contributed by atoms with van der Waals surface area (Å²) in [6.07, 6.45) is 0.970. The fourth-order valence-electron chi connectivity index (χ4n) is 1.58. The molecule has 0 amide bonds. The van der Waals surface area contributed by atoms with Gasteiger partial charge in [0.15, 0.2) is 5.96 Å². The number of hydrogen-bond donors (Lipinski definition) is 2. The summed E-state index contributed by atoms with van der Waals surface area (Å²) in [6, 6.07) is 0. The number of aryl methyl sites for hydroxylation is 2. The number of aromatic nitrogens is 1. The predicted octanol–water partition coefficient (Wildman–Crippen LogP) is 2.50. The molecule has 18 heavy (non-hydrogen) atoms. The van der Waals surface area contributed by atoms with Gasteiger partial charge in [-0.1, -0.05) is 0 Å². The minimum absolute atomic E-state index is 0. The van der Waals surface area contributed by atoms with Gasteiger partial charge in [-0.05, 0) is 27.7 Å². The molecule has 4 nitrogen and oxygen atoms in total. The lowest BCUT2D eigenvalue weighted by Crippen LogP contribution is -2.37. The van der Waals surface area contributed by atoms with Gasteiger partial charge in [0.2, 0.25) is 0 Å². The van der Waals surface area contributed by atoms with Gasteiger partial charge in [0.1, 0.15) is 0 Å². The molecule has 0 aromatic carbocycles. The number of nitrogens with zero attached hydrogens (tertiary/aromatic N) is 2. The van der Waals surface area contributed by atoms with E-state index in [0.717, 1.165) is 42.7 Å². The van der Waals surface area contributed by atoms with Crippen molar-refractivity contribution in [2.75, 3.05) is 19.6 Å². The summed E-state index contributed by atoms with van der Waals surface area (Å²) in [5, 5.41) is 7.57. The predicted molar refractivity (Wildman–Crippen MR) is 90.4 cm³/mol. The Balaban J connectivity index is 0.00000289. The lowest BCUT2D eigenvalue weighted by Gasteiger charge is -2.08. The Labute approximate surface area is 131 Å². The van der Waals surface area contributed by atoms with Gasteiger partial charge in [0.25, 0.3) is 0 Å². The highest BCUT2D eigenvalue weighted by Gasteiger charge is 2.03. The first kappa shape index (κ1) is 17.6. The van der Waals surface area contributed by atoms with E-state index in [1.54, 1.807) is 11.3 Å². The van der Waals surface area contributed by atoms with Gasteiger partial charge in [0, 0.05) is 30.9 Å². The third-order valence-electron chi connectivity index (χ3n) is 2.30. The van der Waals surface area contributed by atoms with Crippen LogP contribution >= 0.6 is 35.3 Å². The number of halogens is 1. The number of nitrogens with one attached hydrogen (secondary N) is 2. The third kappa shape index (κ3) is 5.99. The highest BCUT2D eigenvalue weighted by atomic mass is 127. The van der Waals surface area contributed by atoms with Crippen LogP contribution in [0.25, 0.3) is 0 Å². The number of hydrogen-bond acceptors (Lipinski definition) is 3. The van der Waals surface area contributed by atoms with E-state index in [9.17, 15) is 0 Å². The molecule has 1 aromatic heterocycles. The van der Waals surface area contributed by atoms with Crippen molar-refractivity contribution in [3.05, 3.63) is 15.6 Å². The zero-order valence-electron chi connectivity index (χ0n) is 11.5. The molecule has 0 aliphatic rings. The third-order valence-corrected chi connectivity index (χ3v) is 3.43. The van der Waals surface area contributed by atoms with E-state index in [1.165, 1.54) is 4.88 Å². The smallest absolute Gasteiger partial charge is 0.191 e. The topological polar surface area (TPSA) is 49.3 Å². The van der Waals surface area contributed by atoms with Gasteiger partial charge in [-0.2, -0.15) is 0 Å². The van der Waals surface area contributed by atoms with Crippen LogP contribution in [0.2, 0.25) is 0 Å². The van der Waals surface area contributed by atoms with E-state index in [0.29, 0.717) is 0 Å². The van der Waals surface area contributed by atoms with Crippen molar-refractivity contribution >= 4 is 41.3 Å².